The van der Waals surface area contributed by atoms with Gasteiger partial charge in [-0.2, -0.15) is 5.10 Å². The molecule has 0 radical (unpaired) electrons. The van der Waals surface area contributed by atoms with Crippen molar-refractivity contribution in [3.8, 4) is 0 Å². The first-order valence-corrected chi connectivity index (χ1v) is 7.51. The molecule has 0 aliphatic carbocycles. The molecule has 1 aromatic rings. The molecule has 5 nitrogen and oxygen atoms in total. The van der Waals surface area contributed by atoms with Crippen LogP contribution in [-0.4, -0.2) is 29.4 Å². The van der Waals surface area contributed by atoms with Crippen molar-refractivity contribution in [2.75, 3.05) is 18.5 Å². The van der Waals surface area contributed by atoms with Gasteiger partial charge in [-0.05, 0) is 28.3 Å². The van der Waals surface area contributed by atoms with Gasteiger partial charge in [0.05, 0.1) is 18.4 Å². The monoisotopic (exact) mass is 342 g/mol. The van der Waals surface area contributed by atoms with E-state index in [2.05, 4.69) is 41.5 Å². The van der Waals surface area contributed by atoms with Crippen molar-refractivity contribution in [3.05, 3.63) is 33.7 Å². The highest BCUT2D eigenvalue weighted by Gasteiger charge is 2.14. The van der Waals surface area contributed by atoms with Gasteiger partial charge in [0.25, 0.3) is 5.56 Å². The Balaban J connectivity index is 2.84. The summed E-state index contributed by atoms with van der Waals surface area (Å²) in [5, 5.41) is 4.14. The average Bonchev–Trinajstić information content (AvgIpc) is 2.41. The van der Waals surface area contributed by atoms with Gasteiger partial charge in [-0.3, -0.25) is 4.79 Å². The first kappa shape index (κ1) is 16.9. The number of hydrogen-bond donors (Lipinski definition) is 1. The summed E-state index contributed by atoms with van der Waals surface area (Å²) in [5.41, 5.74) is 6.68. The molecule has 0 spiro atoms. The molecule has 2 N–H and O–H groups in total. The van der Waals surface area contributed by atoms with Crippen molar-refractivity contribution in [3.63, 3.8) is 0 Å². The van der Waals surface area contributed by atoms with Crippen molar-refractivity contribution in [2.24, 2.45) is 11.7 Å². The summed E-state index contributed by atoms with van der Waals surface area (Å²) in [6.45, 7) is 9.01. The number of rotatable bonds is 7. The van der Waals surface area contributed by atoms with E-state index in [1.807, 2.05) is 11.9 Å². The summed E-state index contributed by atoms with van der Waals surface area (Å²) in [6.07, 6.45) is 4.21. The normalized spacial score (nSPS) is 12.5. The smallest absolute Gasteiger partial charge is 0.283 e. The molecule has 1 aromatic heterocycles. The highest BCUT2D eigenvalue weighted by atomic mass is 79.9. The predicted octanol–water partition coefficient (Wildman–Crippen LogP) is 2.00. The quantitative estimate of drug-likeness (QED) is 0.769. The summed E-state index contributed by atoms with van der Waals surface area (Å²) in [4.78, 5) is 14.1. The van der Waals surface area contributed by atoms with Gasteiger partial charge in [0, 0.05) is 19.6 Å². The van der Waals surface area contributed by atoms with E-state index in [9.17, 15) is 4.79 Å². The fraction of sp³-hybridized carbons (Fsp3) is 0.571. The molecule has 112 valence electrons. The molecule has 20 heavy (non-hydrogen) atoms. The molecular formula is C14H23BrN4O. The number of allylic oxidation sites excluding steroid dienone is 1. The lowest BCUT2D eigenvalue weighted by Crippen LogP contribution is -2.33. The predicted molar refractivity (Wildman–Crippen MR) is 87.1 cm³/mol. The highest BCUT2D eigenvalue weighted by Crippen LogP contribution is 2.20. The minimum atomic E-state index is -0.151. The van der Waals surface area contributed by atoms with Crippen LogP contribution < -0.4 is 16.2 Å². The van der Waals surface area contributed by atoms with Gasteiger partial charge in [-0.15, -0.1) is 6.58 Å². The Hall–Kier alpha value is -1.14. The van der Waals surface area contributed by atoms with E-state index >= 15 is 0 Å². The van der Waals surface area contributed by atoms with Crippen LogP contribution in [0.4, 0.5) is 5.69 Å². The summed E-state index contributed by atoms with van der Waals surface area (Å²) >= 11 is 3.36. The fourth-order valence-electron chi connectivity index (χ4n) is 1.77. The van der Waals surface area contributed by atoms with Crippen molar-refractivity contribution in [1.29, 1.82) is 0 Å². The van der Waals surface area contributed by atoms with Crippen LogP contribution in [0.1, 0.15) is 20.3 Å². The molecule has 0 bridgehead atoms. The van der Waals surface area contributed by atoms with Gasteiger partial charge >= 0.3 is 0 Å². The summed E-state index contributed by atoms with van der Waals surface area (Å²) < 4.78 is 1.89. The molecule has 6 heteroatoms. The summed E-state index contributed by atoms with van der Waals surface area (Å²) in [5.74, 6) is 0.450. The number of aromatic nitrogens is 2. The van der Waals surface area contributed by atoms with Gasteiger partial charge in [0.2, 0.25) is 0 Å². The van der Waals surface area contributed by atoms with Crippen LogP contribution >= 0.6 is 15.9 Å². The Morgan fingerprint density at radius 2 is 2.25 bits per heavy atom. The van der Waals surface area contributed by atoms with Crippen LogP contribution in [-0.2, 0) is 6.54 Å². The largest absolute Gasteiger partial charge is 0.372 e. The molecule has 1 atom stereocenters. The SMILES string of the molecule is C=CCn1ncc(N(C)CCC(N)C(C)C)c(Br)c1=O. The van der Waals surface area contributed by atoms with Crippen LogP contribution in [0.2, 0.25) is 0 Å². The van der Waals surface area contributed by atoms with Gasteiger partial charge in [-0.25, -0.2) is 4.68 Å². The Bertz CT molecular complexity index is 512. The van der Waals surface area contributed by atoms with Crippen LogP contribution in [0.3, 0.4) is 0 Å². The molecule has 0 aromatic carbocycles. The lowest BCUT2D eigenvalue weighted by Gasteiger charge is -2.23. The van der Waals surface area contributed by atoms with E-state index in [0.717, 1.165) is 18.7 Å². The molecule has 0 saturated heterocycles. The topological polar surface area (TPSA) is 64.2 Å². The Kier molecular flexibility index (Phi) is 6.42. The minimum absolute atomic E-state index is 0.151. The van der Waals surface area contributed by atoms with E-state index < -0.39 is 0 Å². The molecule has 0 amide bonds. The number of anilines is 1. The molecule has 0 aliphatic rings. The third-order valence-electron chi connectivity index (χ3n) is 3.33. The van der Waals surface area contributed by atoms with Crippen LogP contribution in [0.15, 0.2) is 28.1 Å². The molecule has 1 heterocycles. The van der Waals surface area contributed by atoms with E-state index in [0.29, 0.717) is 16.9 Å². The standard InChI is InChI=1S/C14H23BrN4O/c1-5-7-19-14(20)13(15)12(9-17-19)18(4)8-6-11(16)10(2)3/h5,9-11H,1,6-8,16H2,2-4H3. The molecule has 0 fully saturated rings. The van der Waals surface area contributed by atoms with Gasteiger partial charge in [0.15, 0.2) is 0 Å². The zero-order chi connectivity index (χ0) is 15.3. The second-order valence-electron chi connectivity index (χ2n) is 5.24. The zero-order valence-corrected chi connectivity index (χ0v) is 13.9. The van der Waals surface area contributed by atoms with E-state index in [1.165, 1.54) is 4.68 Å². The van der Waals surface area contributed by atoms with Crippen LogP contribution in [0.5, 0.6) is 0 Å². The zero-order valence-electron chi connectivity index (χ0n) is 12.3. The third-order valence-corrected chi connectivity index (χ3v) is 4.08. The molecule has 0 saturated carbocycles. The van der Waals surface area contributed by atoms with Crippen LogP contribution in [0.25, 0.3) is 0 Å². The summed E-state index contributed by atoms with van der Waals surface area (Å²) in [7, 11) is 1.94. The Morgan fingerprint density at radius 1 is 1.60 bits per heavy atom. The second-order valence-corrected chi connectivity index (χ2v) is 6.03. The summed E-state index contributed by atoms with van der Waals surface area (Å²) in [6, 6.07) is 0.158. The maximum absolute atomic E-state index is 12.1. The van der Waals surface area contributed by atoms with Crippen molar-refractivity contribution >= 4 is 21.6 Å². The third kappa shape index (κ3) is 4.18. The van der Waals surface area contributed by atoms with Gasteiger partial charge in [0.1, 0.15) is 4.47 Å². The second kappa shape index (κ2) is 7.59. The number of hydrogen-bond acceptors (Lipinski definition) is 4. The average molecular weight is 343 g/mol. The van der Waals surface area contributed by atoms with Crippen molar-refractivity contribution in [2.45, 2.75) is 32.9 Å². The number of halogens is 1. The first-order chi connectivity index (χ1) is 9.38. The lowest BCUT2D eigenvalue weighted by atomic mass is 10.0. The van der Waals surface area contributed by atoms with E-state index in [1.54, 1.807) is 12.3 Å². The van der Waals surface area contributed by atoms with Crippen molar-refractivity contribution < 1.29 is 0 Å². The molecule has 0 aliphatic heterocycles. The Labute approximate surface area is 128 Å². The van der Waals surface area contributed by atoms with Gasteiger partial charge < -0.3 is 10.6 Å². The van der Waals surface area contributed by atoms with Crippen molar-refractivity contribution in [1.82, 2.24) is 9.78 Å². The Morgan fingerprint density at radius 3 is 2.80 bits per heavy atom. The van der Waals surface area contributed by atoms with E-state index in [-0.39, 0.29) is 11.6 Å². The maximum Gasteiger partial charge on any atom is 0.283 e. The van der Waals surface area contributed by atoms with E-state index in [4.69, 9.17) is 5.73 Å². The number of nitrogens with zero attached hydrogens (tertiary/aromatic N) is 3. The molecule has 1 rings (SSSR count). The van der Waals surface area contributed by atoms with Crippen LogP contribution in [0, 0.1) is 5.92 Å². The first-order valence-electron chi connectivity index (χ1n) is 6.71. The molecular weight excluding hydrogens is 320 g/mol. The van der Waals surface area contributed by atoms with Gasteiger partial charge in [-0.1, -0.05) is 19.9 Å². The minimum Gasteiger partial charge on any atom is -0.372 e. The lowest BCUT2D eigenvalue weighted by molar-refractivity contribution is 0.466. The molecule has 1 unspecified atom stereocenters. The number of nitrogens with two attached hydrogens (primary N) is 1. The highest BCUT2D eigenvalue weighted by molar-refractivity contribution is 9.10. The fourth-order valence-corrected chi connectivity index (χ4v) is 2.38. The maximum atomic E-state index is 12.1.